The maximum atomic E-state index is 12.3. The average molecular weight is 393 g/mol. The van der Waals surface area contributed by atoms with Crippen LogP contribution < -0.4 is 10.3 Å². The minimum absolute atomic E-state index is 0.137. The van der Waals surface area contributed by atoms with E-state index in [9.17, 15) is 16.8 Å². The predicted molar refractivity (Wildman–Crippen MR) is 101 cm³/mol. The van der Waals surface area contributed by atoms with Crippen LogP contribution in [0.5, 0.6) is 0 Å². The quantitative estimate of drug-likeness (QED) is 0.777. The lowest BCUT2D eigenvalue weighted by atomic mass is 9.96. The zero-order valence-corrected chi connectivity index (χ0v) is 16.3. The summed E-state index contributed by atoms with van der Waals surface area (Å²) in [7, 11) is -8.24. The molecule has 0 saturated heterocycles. The third-order valence-electron chi connectivity index (χ3n) is 3.36. The maximum Gasteiger partial charge on any atom is 0.239 e. The predicted octanol–water partition coefficient (Wildman–Crippen LogP) is 2.05. The first kappa shape index (κ1) is 20.1. The average Bonchev–Trinajstić information content (AvgIpc) is 2.50. The van der Waals surface area contributed by atoms with Crippen molar-refractivity contribution in [2.45, 2.75) is 30.6 Å². The second-order valence-electron chi connectivity index (χ2n) is 6.77. The van der Waals surface area contributed by atoms with Gasteiger partial charge < -0.3 is 0 Å². The molecule has 4 N–H and O–H groups in total. The van der Waals surface area contributed by atoms with Gasteiger partial charge in [-0.05, 0) is 32.9 Å². The van der Waals surface area contributed by atoms with Crippen molar-refractivity contribution in [2.24, 2.45) is 15.7 Å². The van der Waals surface area contributed by atoms with Crippen molar-refractivity contribution in [3.05, 3.63) is 48.0 Å². The molecule has 0 amide bonds. The van der Waals surface area contributed by atoms with Crippen molar-refractivity contribution < 1.29 is 16.8 Å². The fraction of sp³-hybridized carbons (Fsp3) is 0.222. The van der Waals surface area contributed by atoms with Gasteiger partial charge in [0, 0.05) is 22.1 Å². The molecule has 0 spiro atoms. The lowest BCUT2D eigenvalue weighted by Crippen LogP contribution is -2.17. The molecule has 0 atom stereocenters. The highest BCUT2D eigenvalue weighted by Gasteiger charge is 2.23. The first-order valence-corrected chi connectivity index (χ1v) is 10.7. The Labute approximate surface area is 154 Å². The van der Waals surface area contributed by atoms with Crippen molar-refractivity contribution >= 4 is 20.0 Å². The van der Waals surface area contributed by atoms with E-state index in [0.29, 0.717) is 0 Å². The fourth-order valence-corrected chi connectivity index (χ4v) is 4.01. The van der Waals surface area contributed by atoms with Gasteiger partial charge >= 0.3 is 0 Å². The standard InChI is InChI=1S/C18H20N2O4S2/c1-18(2,3)12-11-13-7-6-9-15(17(13)26(20,23)24)14-8-4-5-10-16(14)25(19,21)22/h4-10H,1-3H3,(H2,19,21,22)(H2,20,23,24). The number of hydrogen-bond donors (Lipinski definition) is 2. The molecule has 0 aliphatic rings. The number of sulfonamides is 2. The van der Waals surface area contributed by atoms with E-state index in [1.807, 2.05) is 20.8 Å². The van der Waals surface area contributed by atoms with Crippen molar-refractivity contribution in [3.8, 4) is 23.0 Å². The Morgan fingerprint density at radius 2 is 1.38 bits per heavy atom. The van der Waals surface area contributed by atoms with Crippen LogP contribution in [0, 0.1) is 17.3 Å². The summed E-state index contributed by atoms with van der Waals surface area (Å²) in [6, 6.07) is 10.5. The minimum atomic E-state index is -4.18. The summed E-state index contributed by atoms with van der Waals surface area (Å²) < 4.78 is 48.3. The normalized spacial score (nSPS) is 12.3. The number of nitrogens with two attached hydrogens (primary N) is 2. The lowest BCUT2D eigenvalue weighted by molar-refractivity contribution is 0.570. The zero-order valence-electron chi connectivity index (χ0n) is 14.6. The van der Waals surface area contributed by atoms with Gasteiger partial charge in [-0.25, -0.2) is 27.1 Å². The van der Waals surface area contributed by atoms with Crippen molar-refractivity contribution in [1.82, 2.24) is 0 Å². The lowest BCUT2D eigenvalue weighted by Gasteiger charge is -2.14. The SMILES string of the molecule is CC(C)(C)C#Cc1cccc(-c2ccccc2S(N)(=O)=O)c1S(N)(=O)=O. The summed E-state index contributed by atoms with van der Waals surface area (Å²) in [5, 5.41) is 10.7. The summed E-state index contributed by atoms with van der Waals surface area (Å²) in [6.07, 6.45) is 0. The summed E-state index contributed by atoms with van der Waals surface area (Å²) in [6.45, 7) is 5.66. The highest BCUT2D eigenvalue weighted by atomic mass is 32.2. The molecule has 8 heteroatoms. The molecule has 0 aliphatic carbocycles. The second-order valence-corrected chi connectivity index (χ2v) is 9.80. The van der Waals surface area contributed by atoms with E-state index in [4.69, 9.17) is 10.3 Å². The second kappa shape index (κ2) is 6.85. The smallest absolute Gasteiger partial charge is 0.225 e. The molecule has 6 nitrogen and oxygen atoms in total. The molecule has 0 bridgehead atoms. The molecular weight excluding hydrogens is 372 g/mol. The van der Waals surface area contributed by atoms with Gasteiger partial charge in [0.15, 0.2) is 0 Å². The maximum absolute atomic E-state index is 12.3. The fourth-order valence-electron chi connectivity index (χ4n) is 2.35. The summed E-state index contributed by atoms with van der Waals surface area (Å²) in [5.74, 6) is 5.80. The molecule has 2 rings (SSSR count). The van der Waals surface area contributed by atoms with Crippen LogP contribution >= 0.6 is 0 Å². The van der Waals surface area contributed by atoms with Gasteiger partial charge in [-0.1, -0.05) is 42.2 Å². The molecule has 0 radical (unpaired) electrons. The van der Waals surface area contributed by atoms with Crippen LogP contribution in [0.2, 0.25) is 0 Å². The molecule has 0 heterocycles. The molecule has 0 unspecified atom stereocenters. The van der Waals surface area contributed by atoms with E-state index >= 15 is 0 Å². The Balaban J connectivity index is 2.91. The van der Waals surface area contributed by atoms with Gasteiger partial charge in [-0.2, -0.15) is 0 Å². The highest BCUT2D eigenvalue weighted by molar-refractivity contribution is 7.89. The third kappa shape index (κ3) is 4.71. The first-order valence-electron chi connectivity index (χ1n) is 7.62. The number of hydrogen-bond acceptors (Lipinski definition) is 4. The Morgan fingerprint density at radius 3 is 1.92 bits per heavy atom. The van der Waals surface area contributed by atoms with Crippen molar-refractivity contribution in [2.75, 3.05) is 0 Å². The summed E-state index contributed by atoms with van der Waals surface area (Å²) in [4.78, 5) is -0.418. The Kier molecular flexibility index (Phi) is 5.31. The molecule has 0 aromatic heterocycles. The Bertz CT molecular complexity index is 1120. The number of rotatable bonds is 3. The van der Waals surface area contributed by atoms with Gasteiger partial charge in [0.25, 0.3) is 0 Å². The van der Waals surface area contributed by atoms with Gasteiger partial charge in [0.1, 0.15) is 4.90 Å². The van der Waals surface area contributed by atoms with Gasteiger partial charge in [-0.3, -0.25) is 0 Å². The van der Waals surface area contributed by atoms with Crippen LogP contribution in [-0.4, -0.2) is 16.8 Å². The van der Waals surface area contributed by atoms with Crippen molar-refractivity contribution in [1.29, 1.82) is 0 Å². The van der Waals surface area contributed by atoms with Crippen LogP contribution in [0.25, 0.3) is 11.1 Å². The third-order valence-corrected chi connectivity index (χ3v) is 5.33. The van der Waals surface area contributed by atoms with Crippen LogP contribution in [-0.2, 0) is 20.0 Å². The molecule has 2 aromatic rings. The molecule has 26 heavy (non-hydrogen) atoms. The monoisotopic (exact) mass is 392 g/mol. The zero-order chi connectivity index (χ0) is 19.8. The summed E-state index contributed by atoms with van der Waals surface area (Å²) >= 11 is 0. The van der Waals surface area contributed by atoms with Crippen molar-refractivity contribution in [3.63, 3.8) is 0 Å². The van der Waals surface area contributed by atoms with E-state index in [1.165, 1.54) is 30.3 Å². The van der Waals surface area contributed by atoms with Gasteiger partial charge in [0.2, 0.25) is 20.0 Å². The largest absolute Gasteiger partial charge is 0.239 e. The van der Waals surface area contributed by atoms with Gasteiger partial charge in [-0.15, -0.1) is 0 Å². The van der Waals surface area contributed by atoms with E-state index in [0.717, 1.165) is 0 Å². The molecule has 2 aromatic carbocycles. The highest BCUT2D eigenvalue weighted by Crippen LogP contribution is 2.33. The first-order chi connectivity index (χ1) is 11.8. The number of primary sulfonamides is 2. The molecule has 138 valence electrons. The minimum Gasteiger partial charge on any atom is -0.225 e. The van der Waals surface area contributed by atoms with Crippen LogP contribution in [0.15, 0.2) is 52.3 Å². The van der Waals surface area contributed by atoms with E-state index < -0.39 is 20.0 Å². The van der Waals surface area contributed by atoms with E-state index in [-0.39, 0.29) is 31.9 Å². The number of benzene rings is 2. The van der Waals surface area contributed by atoms with Gasteiger partial charge in [0.05, 0.1) is 4.90 Å². The topological polar surface area (TPSA) is 120 Å². The molecule has 0 saturated carbocycles. The van der Waals surface area contributed by atoms with Crippen LogP contribution in [0.1, 0.15) is 26.3 Å². The van der Waals surface area contributed by atoms with Crippen LogP contribution in [0.3, 0.4) is 0 Å². The molecule has 0 fully saturated rings. The summed E-state index contributed by atoms with van der Waals surface area (Å²) in [5.41, 5.74) is 0.129. The Morgan fingerprint density at radius 1 is 0.808 bits per heavy atom. The van der Waals surface area contributed by atoms with Crippen LogP contribution in [0.4, 0.5) is 0 Å². The molecular formula is C18H20N2O4S2. The molecule has 0 aliphatic heterocycles. The Hall–Kier alpha value is -2.18. The van der Waals surface area contributed by atoms with E-state index in [1.54, 1.807) is 12.1 Å². The van der Waals surface area contributed by atoms with E-state index in [2.05, 4.69) is 11.8 Å².